The van der Waals surface area contributed by atoms with Crippen LogP contribution < -0.4 is 31.8 Å². The molecule has 0 bridgehead atoms. The zero-order valence-corrected chi connectivity index (χ0v) is 32.7. The van der Waals surface area contributed by atoms with E-state index in [1.165, 1.54) is 43.0 Å². The maximum absolute atomic E-state index is 2.87. The topological polar surface area (TPSA) is 6.48 Å². The first kappa shape index (κ1) is 36.1. The van der Waals surface area contributed by atoms with Crippen molar-refractivity contribution >= 4 is 56.0 Å². The zero-order chi connectivity index (χ0) is 35.7. The molecule has 52 heavy (non-hydrogen) atoms. The van der Waals surface area contributed by atoms with E-state index in [1.54, 1.807) is 0 Å². The Labute approximate surface area is 314 Å². The molecule has 5 heteroatoms. The predicted octanol–water partition coefficient (Wildman–Crippen LogP) is 10.2. The highest BCUT2D eigenvalue weighted by Gasteiger charge is 2.36. The lowest BCUT2D eigenvalue weighted by molar-refractivity contribution is 0.443. The first-order valence-electron chi connectivity index (χ1n) is 17.9. The molecule has 0 heterocycles. The Balaban J connectivity index is 1.35. The van der Waals surface area contributed by atoms with Crippen LogP contribution >= 0.6 is 24.2 Å². The van der Waals surface area contributed by atoms with Crippen LogP contribution in [0.25, 0.3) is 0 Å². The largest absolute Gasteiger partial charge is 0.271 e. The van der Waals surface area contributed by atoms with E-state index < -0.39 is 24.2 Å². The van der Waals surface area contributed by atoms with Gasteiger partial charge in [-0.1, -0.05) is 206 Å². The van der Waals surface area contributed by atoms with E-state index in [-0.39, 0.29) is 12.1 Å². The van der Waals surface area contributed by atoms with Gasteiger partial charge in [0.2, 0.25) is 0 Å². The van der Waals surface area contributed by atoms with Crippen LogP contribution in [0.5, 0.6) is 0 Å². The van der Waals surface area contributed by atoms with Crippen LogP contribution in [-0.4, -0.2) is 16.2 Å². The molecule has 0 saturated carbocycles. The van der Waals surface area contributed by atoms with E-state index >= 15 is 0 Å². The summed E-state index contributed by atoms with van der Waals surface area (Å²) in [7, 11) is -0.261. The minimum Gasteiger partial charge on any atom is -0.271 e. The van der Waals surface area contributed by atoms with E-state index in [2.05, 4.69) is 236 Å². The summed E-state index contributed by atoms with van der Waals surface area (Å²) in [6, 6.07) is 76.4. The van der Waals surface area contributed by atoms with Crippen molar-refractivity contribution in [2.24, 2.45) is 0 Å². The van der Waals surface area contributed by atoms with Gasteiger partial charge in [-0.05, 0) is 63.8 Å². The van der Waals surface area contributed by atoms with Crippen LogP contribution in [0.1, 0.15) is 37.1 Å². The second kappa shape index (κ2) is 17.5. The molecule has 0 aliphatic heterocycles. The molecule has 0 radical (unpaired) electrons. The molecule has 0 amide bonds. The molecule has 2 atom stereocenters. The van der Waals surface area contributed by atoms with Crippen molar-refractivity contribution in [2.45, 2.75) is 25.9 Å². The Morgan fingerprint density at radius 1 is 0.327 bits per heavy atom. The molecule has 0 aliphatic carbocycles. The van der Waals surface area contributed by atoms with E-state index in [1.807, 2.05) is 0 Å². The summed E-state index contributed by atoms with van der Waals surface area (Å²) in [4.78, 5) is 0. The van der Waals surface area contributed by atoms with Crippen LogP contribution in [-0.2, 0) is 0 Å². The molecule has 7 rings (SSSR count). The summed E-state index contributed by atoms with van der Waals surface area (Å²) >= 11 is 0. The third-order valence-electron chi connectivity index (χ3n) is 9.51. The lowest BCUT2D eigenvalue weighted by Gasteiger charge is -2.43. The van der Waals surface area contributed by atoms with Crippen molar-refractivity contribution in [1.82, 2.24) is 9.11 Å². The first-order valence-corrected chi connectivity index (χ1v) is 21.8. The molecule has 0 fully saturated rings. The smallest absolute Gasteiger partial charge is 0.0408 e. The van der Waals surface area contributed by atoms with Gasteiger partial charge in [0.05, 0.1) is 0 Å². The van der Waals surface area contributed by atoms with E-state index in [4.69, 9.17) is 0 Å². The highest BCUT2D eigenvalue weighted by Crippen LogP contribution is 2.59. The Kier molecular flexibility index (Phi) is 12.2. The Morgan fingerprint density at radius 2 is 0.596 bits per heavy atom. The van der Waals surface area contributed by atoms with Gasteiger partial charge < -0.3 is 0 Å². The van der Waals surface area contributed by atoms with Crippen molar-refractivity contribution in [2.75, 3.05) is 7.05 Å². The van der Waals surface area contributed by atoms with E-state index in [0.717, 1.165) is 0 Å². The summed E-state index contributed by atoms with van der Waals surface area (Å²) in [5, 5.41) is 8.15. The molecule has 7 aromatic rings. The Hall–Kier alpha value is -4.25. The molecule has 258 valence electrons. The van der Waals surface area contributed by atoms with Gasteiger partial charge in [0.15, 0.2) is 0 Å². The normalized spacial score (nSPS) is 12.8. The molecule has 0 spiro atoms. The quantitative estimate of drug-likeness (QED) is 0.109. The Morgan fingerprint density at radius 3 is 0.904 bits per heavy atom. The zero-order valence-electron chi connectivity index (χ0n) is 30.0. The maximum atomic E-state index is 2.87. The highest BCUT2D eigenvalue weighted by molar-refractivity contribution is 7.84. The second-order valence-corrected chi connectivity index (χ2v) is 19.6. The average Bonchev–Trinajstić information content (AvgIpc) is 3.22. The minimum absolute atomic E-state index is 0.111. The van der Waals surface area contributed by atoms with E-state index in [0.29, 0.717) is 0 Å². The van der Waals surface area contributed by atoms with Gasteiger partial charge in [-0.2, -0.15) is 0 Å². The lowest BCUT2D eigenvalue weighted by atomic mass is 10.0. The molecule has 0 N–H and O–H groups in total. The summed E-state index contributed by atoms with van der Waals surface area (Å²) < 4.78 is 5.46. The molecular weight excluding hydrogens is 685 g/mol. The summed E-state index contributed by atoms with van der Waals surface area (Å²) in [6.45, 7) is 4.79. The van der Waals surface area contributed by atoms with Gasteiger partial charge in [0.25, 0.3) is 0 Å². The summed E-state index contributed by atoms with van der Waals surface area (Å²) in [6.07, 6.45) is 0. The van der Waals surface area contributed by atoms with Crippen LogP contribution in [0.3, 0.4) is 0 Å². The second-order valence-electron chi connectivity index (χ2n) is 12.9. The third kappa shape index (κ3) is 8.19. The molecule has 0 aromatic heterocycles. The third-order valence-corrected chi connectivity index (χ3v) is 17.8. The molecule has 7 aromatic carbocycles. The monoisotopic (exact) mass is 730 g/mol. The van der Waals surface area contributed by atoms with Crippen molar-refractivity contribution in [3.05, 3.63) is 217 Å². The molecular formula is C47H45N2P3. The predicted molar refractivity (Wildman–Crippen MR) is 230 cm³/mol. The average molecular weight is 731 g/mol. The fraction of sp³-hybridized carbons (Fsp3) is 0.106. The minimum atomic E-state index is -0.917. The van der Waals surface area contributed by atoms with Crippen molar-refractivity contribution in [1.29, 1.82) is 0 Å². The molecule has 2 nitrogen and oxygen atoms in total. The van der Waals surface area contributed by atoms with Crippen molar-refractivity contribution in [3.63, 3.8) is 0 Å². The van der Waals surface area contributed by atoms with Crippen LogP contribution in [0, 0.1) is 0 Å². The maximum Gasteiger partial charge on any atom is 0.0408 e. The fourth-order valence-corrected chi connectivity index (χ4v) is 15.4. The Bertz CT molecular complexity index is 1900. The summed E-state index contributed by atoms with van der Waals surface area (Å²) in [5.41, 5.74) is 2.67. The van der Waals surface area contributed by atoms with Crippen LogP contribution in [0.4, 0.5) is 0 Å². The molecule has 0 saturated heterocycles. The highest BCUT2D eigenvalue weighted by atomic mass is 31.2. The SMILES string of the molecule is CC(c1cccc(C(C)N(P(c2ccccc2)c2ccccc2)P(c2ccccc2)c2ccccc2)c1)N(C)P(c1ccccc1)c1ccccc1. The van der Waals surface area contributed by atoms with Crippen molar-refractivity contribution < 1.29 is 0 Å². The number of hydrogen-bond acceptors (Lipinski definition) is 2. The van der Waals surface area contributed by atoms with Gasteiger partial charge in [0.1, 0.15) is 0 Å². The van der Waals surface area contributed by atoms with Gasteiger partial charge in [-0.25, -0.2) is 4.44 Å². The molecule has 2 unspecified atom stereocenters. The number of rotatable bonds is 13. The standard InChI is InChI=1S/C47H45N2P3/c1-38(48(3)50(42-25-10-4-11-26-42)43-27-12-5-13-28-43)40-23-22-24-41(37-40)39(2)49(51(44-29-14-6-15-30-44)45-31-16-7-17-32-45)52(46-33-18-8-19-34-46)47-35-20-9-21-36-47/h4-39H,1-3H3. The summed E-state index contributed by atoms with van der Waals surface area (Å²) in [5.74, 6) is 0. The van der Waals surface area contributed by atoms with Crippen molar-refractivity contribution in [3.8, 4) is 0 Å². The first-order chi connectivity index (χ1) is 25.6. The number of benzene rings is 7. The van der Waals surface area contributed by atoms with Gasteiger partial charge in [-0.15, -0.1) is 0 Å². The lowest BCUT2D eigenvalue weighted by Crippen LogP contribution is -2.33. The van der Waals surface area contributed by atoms with Gasteiger partial charge >= 0.3 is 0 Å². The van der Waals surface area contributed by atoms with Gasteiger partial charge in [-0.3, -0.25) is 4.67 Å². The molecule has 0 aliphatic rings. The number of hydrogen-bond donors (Lipinski definition) is 0. The van der Waals surface area contributed by atoms with E-state index in [9.17, 15) is 0 Å². The van der Waals surface area contributed by atoms with Crippen LogP contribution in [0.2, 0.25) is 0 Å². The fourth-order valence-electron chi connectivity index (χ4n) is 6.74. The van der Waals surface area contributed by atoms with Crippen LogP contribution in [0.15, 0.2) is 206 Å². The number of nitrogens with zero attached hydrogens (tertiary/aromatic N) is 2. The van der Waals surface area contributed by atoms with Gasteiger partial charge in [0, 0.05) is 36.3 Å².